The van der Waals surface area contributed by atoms with Crippen molar-refractivity contribution in [2.75, 3.05) is 13.6 Å². The van der Waals surface area contributed by atoms with E-state index in [0.717, 1.165) is 5.56 Å². The van der Waals surface area contributed by atoms with Crippen molar-refractivity contribution in [3.63, 3.8) is 0 Å². The third-order valence-corrected chi connectivity index (χ3v) is 2.26. The summed E-state index contributed by atoms with van der Waals surface area (Å²) < 4.78 is 0. The first kappa shape index (κ1) is 11.3. The Labute approximate surface area is 89.6 Å². The number of amides is 1. The van der Waals surface area contributed by atoms with Gasteiger partial charge >= 0.3 is 0 Å². The number of para-hydroxylation sites is 1. The van der Waals surface area contributed by atoms with Crippen LogP contribution in [0, 0.1) is 0 Å². The summed E-state index contributed by atoms with van der Waals surface area (Å²) in [6.07, 6.45) is 1.92. The Hall–Kier alpha value is -1.77. The van der Waals surface area contributed by atoms with E-state index in [2.05, 4.69) is 6.58 Å². The average Bonchev–Trinajstić information content (AvgIpc) is 2.26. The number of phenols is 1. The van der Waals surface area contributed by atoms with Gasteiger partial charge in [0.15, 0.2) is 0 Å². The molecule has 0 aliphatic heterocycles. The number of hydrogen-bond donors (Lipinski definition) is 1. The summed E-state index contributed by atoms with van der Waals surface area (Å²) in [7, 11) is 1.71. The number of hydrogen-bond acceptors (Lipinski definition) is 2. The summed E-state index contributed by atoms with van der Waals surface area (Å²) in [5, 5.41) is 9.50. The van der Waals surface area contributed by atoms with Gasteiger partial charge in [-0.3, -0.25) is 4.79 Å². The monoisotopic (exact) mass is 205 g/mol. The van der Waals surface area contributed by atoms with Gasteiger partial charge in [-0.15, -0.1) is 0 Å². The number of carbonyl (C=O) groups excluding carboxylic acids is 1. The summed E-state index contributed by atoms with van der Waals surface area (Å²) in [6.45, 7) is 3.99. The lowest BCUT2D eigenvalue weighted by Crippen LogP contribution is -2.26. The molecule has 1 amide bonds. The van der Waals surface area contributed by atoms with E-state index in [9.17, 15) is 9.90 Å². The number of carbonyl (C=O) groups is 1. The second kappa shape index (κ2) is 5.20. The predicted octanol–water partition coefficient (Wildman–Crippen LogP) is 1.58. The highest BCUT2D eigenvalue weighted by Gasteiger charge is 2.05. The van der Waals surface area contributed by atoms with E-state index in [1.54, 1.807) is 24.1 Å². The second-order valence-electron chi connectivity index (χ2n) is 3.34. The molecular formula is C12H15NO2. The first-order valence-electron chi connectivity index (χ1n) is 4.79. The first-order valence-corrected chi connectivity index (χ1v) is 4.79. The molecule has 0 aliphatic carbocycles. The summed E-state index contributed by atoms with van der Waals surface area (Å²) in [4.78, 5) is 12.7. The van der Waals surface area contributed by atoms with Crippen LogP contribution in [0.1, 0.15) is 5.56 Å². The molecule has 3 nitrogen and oxygen atoms in total. The molecule has 0 aliphatic rings. The van der Waals surface area contributed by atoms with Crippen LogP contribution in [0.3, 0.4) is 0 Å². The lowest BCUT2D eigenvalue weighted by atomic mass is 10.1. The minimum Gasteiger partial charge on any atom is -0.508 e. The Balaban J connectivity index is 2.54. The van der Waals surface area contributed by atoms with Crippen LogP contribution < -0.4 is 0 Å². The van der Waals surface area contributed by atoms with E-state index in [4.69, 9.17) is 0 Å². The fourth-order valence-electron chi connectivity index (χ4n) is 1.28. The maximum Gasteiger partial charge on any atom is 0.245 e. The third kappa shape index (κ3) is 3.13. The molecule has 0 aromatic heterocycles. The molecule has 0 heterocycles. The molecule has 0 fully saturated rings. The molecule has 0 saturated heterocycles. The van der Waals surface area contributed by atoms with Gasteiger partial charge in [0.1, 0.15) is 5.75 Å². The minimum absolute atomic E-state index is 0.106. The summed E-state index contributed by atoms with van der Waals surface area (Å²) in [5.74, 6) is 0.169. The second-order valence-corrected chi connectivity index (χ2v) is 3.34. The Morgan fingerprint density at radius 3 is 2.80 bits per heavy atom. The molecule has 0 spiro atoms. The number of nitrogens with zero attached hydrogens (tertiary/aromatic N) is 1. The summed E-state index contributed by atoms with van der Waals surface area (Å²) >= 11 is 0. The zero-order valence-corrected chi connectivity index (χ0v) is 8.81. The minimum atomic E-state index is -0.106. The van der Waals surface area contributed by atoms with Crippen LogP contribution in [0.5, 0.6) is 5.75 Å². The van der Waals surface area contributed by atoms with Gasteiger partial charge in [0, 0.05) is 13.6 Å². The molecule has 15 heavy (non-hydrogen) atoms. The largest absolute Gasteiger partial charge is 0.508 e. The molecule has 0 bridgehead atoms. The predicted molar refractivity (Wildman–Crippen MR) is 59.6 cm³/mol. The first-order chi connectivity index (χ1) is 7.15. The highest BCUT2D eigenvalue weighted by Crippen LogP contribution is 2.16. The highest BCUT2D eigenvalue weighted by atomic mass is 16.3. The fraction of sp³-hybridized carbons (Fsp3) is 0.250. The number of rotatable bonds is 4. The maximum absolute atomic E-state index is 11.2. The number of phenolic OH excluding ortho intramolecular Hbond substituents is 1. The number of likely N-dealkylation sites (N-methyl/N-ethyl adjacent to an activating group) is 1. The van der Waals surface area contributed by atoms with Crippen molar-refractivity contribution in [2.24, 2.45) is 0 Å². The molecule has 0 unspecified atom stereocenters. The van der Waals surface area contributed by atoms with Crippen LogP contribution in [0.25, 0.3) is 0 Å². The average molecular weight is 205 g/mol. The van der Waals surface area contributed by atoms with Crippen molar-refractivity contribution < 1.29 is 9.90 Å². The topological polar surface area (TPSA) is 40.5 Å². The van der Waals surface area contributed by atoms with Crippen LogP contribution in [0.15, 0.2) is 36.9 Å². The molecule has 1 aromatic carbocycles. The molecule has 1 N–H and O–H groups in total. The lowest BCUT2D eigenvalue weighted by molar-refractivity contribution is -0.124. The van der Waals surface area contributed by atoms with E-state index in [0.29, 0.717) is 13.0 Å². The molecular weight excluding hydrogens is 190 g/mol. The molecule has 3 heteroatoms. The van der Waals surface area contributed by atoms with Crippen molar-refractivity contribution >= 4 is 5.91 Å². The number of benzene rings is 1. The van der Waals surface area contributed by atoms with Gasteiger partial charge in [-0.25, -0.2) is 0 Å². The zero-order chi connectivity index (χ0) is 11.3. The quantitative estimate of drug-likeness (QED) is 0.758. The standard InChI is InChI=1S/C12H15NO2/c1-3-12(15)13(2)9-8-10-6-4-5-7-11(10)14/h3-7,14H,1,8-9H2,2H3. The van der Waals surface area contributed by atoms with Crippen molar-refractivity contribution in [1.29, 1.82) is 0 Å². The van der Waals surface area contributed by atoms with Crippen molar-refractivity contribution in [3.05, 3.63) is 42.5 Å². The van der Waals surface area contributed by atoms with Gasteiger partial charge in [-0.1, -0.05) is 24.8 Å². The van der Waals surface area contributed by atoms with Gasteiger partial charge < -0.3 is 10.0 Å². The molecule has 0 saturated carbocycles. The molecule has 0 radical (unpaired) electrons. The normalized spacial score (nSPS) is 9.67. The summed E-state index contributed by atoms with van der Waals surface area (Å²) in [6, 6.07) is 7.13. The fourth-order valence-corrected chi connectivity index (χ4v) is 1.28. The lowest BCUT2D eigenvalue weighted by Gasteiger charge is -2.15. The molecule has 1 rings (SSSR count). The van der Waals surface area contributed by atoms with Crippen molar-refractivity contribution in [1.82, 2.24) is 4.90 Å². The van der Waals surface area contributed by atoms with E-state index in [-0.39, 0.29) is 11.7 Å². The SMILES string of the molecule is C=CC(=O)N(C)CCc1ccccc1O. The smallest absolute Gasteiger partial charge is 0.245 e. The van der Waals surface area contributed by atoms with Crippen LogP contribution in [-0.2, 0) is 11.2 Å². The Morgan fingerprint density at radius 2 is 2.20 bits per heavy atom. The third-order valence-electron chi connectivity index (χ3n) is 2.26. The van der Waals surface area contributed by atoms with Gasteiger partial charge in [-0.2, -0.15) is 0 Å². The van der Waals surface area contributed by atoms with E-state index < -0.39 is 0 Å². The Bertz CT molecular complexity index is 360. The van der Waals surface area contributed by atoms with Gasteiger partial charge in [0.05, 0.1) is 0 Å². The number of aromatic hydroxyl groups is 1. The van der Waals surface area contributed by atoms with Gasteiger partial charge in [0.2, 0.25) is 5.91 Å². The van der Waals surface area contributed by atoms with Crippen LogP contribution in [0.4, 0.5) is 0 Å². The summed E-state index contributed by atoms with van der Waals surface area (Å²) in [5.41, 5.74) is 0.848. The van der Waals surface area contributed by atoms with E-state index >= 15 is 0 Å². The zero-order valence-electron chi connectivity index (χ0n) is 8.81. The Morgan fingerprint density at radius 1 is 1.53 bits per heavy atom. The highest BCUT2D eigenvalue weighted by molar-refractivity contribution is 5.86. The molecule has 1 aromatic rings. The van der Waals surface area contributed by atoms with Gasteiger partial charge in [0.25, 0.3) is 0 Å². The maximum atomic E-state index is 11.2. The van der Waals surface area contributed by atoms with Crippen LogP contribution in [-0.4, -0.2) is 29.5 Å². The van der Waals surface area contributed by atoms with E-state index in [1.165, 1.54) is 6.08 Å². The van der Waals surface area contributed by atoms with Crippen molar-refractivity contribution in [3.8, 4) is 5.75 Å². The Kier molecular flexibility index (Phi) is 3.92. The van der Waals surface area contributed by atoms with Crippen molar-refractivity contribution in [2.45, 2.75) is 6.42 Å². The van der Waals surface area contributed by atoms with Crippen LogP contribution in [0.2, 0.25) is 0 Å². The molecule has 0 atom stereocenters. The van der Waals surface area contributed by atoms with Crippen LogP contribution >= 0.6 is 0 Å². The van der Waals surface area contributed by atoms with Gasteiger partial charge in [-0.05, 0) is 24.1 Å². The molecule has 80 valence electrons. The van der Waals surface area contributed by atoms with E-state index in [1.807, 2.05) is 12.1 Å².